The normalized spacial score (nSPS) is 16.2. The lowest BCUT2D eigenvalue weighted by Crippen LogP contribution is -2.52. The van der Waals surface area contributed by atoms with E-state index in [2.05, 4.69) is 15.8 Å². The van der Waals surface area contributed by atoms with Crippen LogP contribution in [0.4, 0.5) is 0 Å². The SMILES string of the molecule is COc1ccccc1[C@H](NC(=O)c1cc(C)on1)C(=O)N[C@H](C(=O)C(C)(C)C)C1CCCC1. The van der Waals surface area contributed by atoms with Crippen LogP contribution in [-0.4, -0.2) is 35.9 Å². The number of rotatable bonds is 8. The standard InChI is InChI=1S/C25H33N3O5/c1-15-14-18(28-33-15)23(30)27-21(17-12-8-9-13-19(17)32-5)24(31)26-20(16-10-6-7-11-16)22(29)25(2,3)4/h8-9,12-14,16,20-21H,6-7,10-11H2,1-5H3,(H,26,31)(H,27,30)/t20-,21-/m0/s1. The maximum Gasteiger partial charge on any atom is 0.274 e. The molecule has 33 heavy (non-hydrogen) atoms. The maximum atomic E-state index is 13.6. The van der Waals surface area contributed by atoms with E-state index in [4.69, 9.17) is 9.26 Å². The highest BCUT2D eigenvalue weighted by Crippen LogP contribution is 2.33. The van der Waals surface area contributed by atoms with Crippen LogP contribution in [0.25, 0.3) is 0 Å². The van der Waals surface area contributed by atoms with Gasteiger partial charge in [0.25, 0.3) is 5.91 Å². The van der Waals surface area contributed by atoms with Crippen LogP contribution in [0.15, 0.2) is 34.9 Å². The Balaban J connectivity index is 1.93. The Labute approximate surface area is 194 Å². The number of nitrogens with one attached hydrogen (secondary N) is 2. The smallest absolute Gasteiger partial charge is 0.274 e. The third-order valence-electron chi connectivity index (χ3n) is 6.04. The van der Waals surface area contributed by atoms with Crippen LogP contribution in [0.2, 0.25) is 0 Å². The lowest BCUT2D eigenvalue weighted by Gasteiger charge is -2.31. The second-order valence-electron chi connectivity index (χ2n) is 9.62. The summed E-state index contributed by atoms with van der Waals surface area (Å²) in [5.74, 6) is -0.0303. The minimum absolute atomic E-state index is 0.0139. The topological polar surface area (TPSA) is 111 Å². The highest BCUT2D eigenvalue weighted by Gasteiger charge is 2.39. The number of carbonyl (C=O) groups is 3. The summed E-state index contributed by atoms with van der Waals surface area (Å²) in [4.78, 5) is 39.7. The Morgan fingerprint density at radius 1 is 1.12 bits per heavy atom. The van der Waals surface area contributed by atoms with Crippen molar-refractivity contribution in [3.63, 3.8) is 0 Å². The van der Waals surface area contributed by atoms with E-state index in [9.17, 15) is 14.4 Å². The molecule has 178 valence electrons. The summed E-state index contributed by atoms with van der Waals surface area (Å²) in [6.07, 6.45) is 3.84. The number of aromatic nitrogens is 1. The second kappa shape index (κ2) is 10.2. The summed E-state index contributed by atoms with van der Waals surface area (Å²) in [5.41, 5.74) is -0.0557. The Bertz CT molecular complexity index is 1000. The van der Waals surface area contributed by atoms with Crippen molar-refractivity contribution < 1.29 is 23.6 Å². The fourth-order valence-electron chi connectivity index (χ4n) is 4.26. The summed E-state index contributed by atoms with van der Waals surface area (Å²) in [6, 6.07) is 6.77. The van der Waals surface area contributed by atoms with Crippen LogP contribution >= 0.6 is 0 Å². The zero-order chi connectivity index (χ0) is 24.2. The van der Waals surface area contributed by atoms with Crippen molar-refractivity contribution in [3.8, 4) is 5.75 Å². The lowest BCUT2D eigenvalue weighted by atomic mass is 9.80. The van der Waals surface area contributed by atoms with Crippen LogP contribution < -0.4 is 15.4 Å². The van der Waals surface area contributed by atoms with Crippen molar-refractivity contribution in [1.82, 2.24) is 15.8 Å². The summed E-state index contributed by atoms with van der Waals surface area (Å²) in [6.45, 7) is 7.25. The molecule has 3 rings (SSSR count). The van der Waals surface area contributed by atoms with Gasteiger partial charge in [-0.05, 0) is 31.7 Å². The number of ether oxygens (including phenoxy) is 1. The van der Waals surface area contributed by atoms with Crippen LogP contribution in [0.1, 0.15) is 74.3 Å². The van der Waals surface area contributed by atoms with Crippen LogP contribution in [0.3, 0.4) is 0 Å². The van der Waals surface area contributed by atoms with Gasteiger partial charge in [-0.1, -0.05) is 57.0 Å². The molecular weight excluding hydrogens is 422 g/mol. The summed E-state index contributed by atoms with van der Waals surface area (Å²) >= 11 is 0. The van der Waals surface area contributed by atoms with Gasteiger partial charge < -0.3 is 19.9 Å². The van der Waals surface area contributed by atoms with Gasteiger partial charge in [0.15, 0.2) is 11.5 Å². The molecule has 1 saturated carbocycles. The molecule has 1 aliphatic carbocycles. The van der Waals surface area contributed by atoms with Gasteiger partial charge in [-0.3, -0.25) is 14.4 Å². The van der Waals surface area contributed by atoms with E-state index in [1.54, 1.807) is 31.2 Å². The minimum atomic E-state index is -1.08. The maximum absolute atomic E-state index is 13.6. The van der Waals surface area contributed by atoms with Gasteiger partial charge in [0.2, 0.25) is 5.91 Å². The summed E-state index contributed by atoms with van der Waals surface area (Å²) < 4.78 is 10.4. The van der Waals surface area contributed by atoms with E-state index in [0.717, 1.165) is 25.7 Å². The number of benzene rings is 1. The van der Waals surface area contributed by atoms with Crippen molar-refractivity contribution in [3.05, 3.63) is 47.3 Å². The van der Waals surface area contributed by atoms with Crippen LogP contribution in [0.5, 0.6) is 5.75 Å². The zero-order valence-corrected chi connectivity index (χ0v) is 19.9. The first-order valence-electron chi connectivity index (χ1n) is 11.3. The highest BCUT2D eigenvalue weighted by atomic mass is 16.5. The molecule has 8 heteroatoms. The molecule has 8 nitrogen and oxygen atoms in total. The molecule has 0 radical (unpaired) electrons. The predicted molar refractivity (Wildman–Crippen MR) is 123 cm³/mol. The van der Waals surface area contributed by atoms with E-state index >= 15 is 0 Å². The largest absolute Gasteiger partial charge is 0.496 e. The summed E-state index contributed by atoms with van der Waals surface area (Å²) in [5, 5.41) is 9.47. The fraction of sp³-hybridized carbons (Fsp3) is 0.520. The first kappa shape index (κ1) is 24.5. The van der Waals surface area contributed by atoms with Crippen molar-refractivity contribution in [2.24, 2.45) is 11.3 Å². The van der Waals surface area contributed by atoms with Crippen LogP contribution in [-0.2, 0) is 9.59 Å². The zero-order valence-electron chi connectivity index (χ0n) is 19.9. The van der Waals surface area contributed by atoms with Gasteiger partial charge in [0.1, 0.15) is 17.6 Å². The number of Topliss-reactive ketones (excluding diaryl/α,β-unsaturated/α-hetero) is 1. The average Bonchev–Trinajstić information content (AvgIpc) is 3.46. The van der Waals surface area contributed by atoms with E-state index < -0.39 is 29.3 Å². The Hall–Kier alpha value is -3.16. The van der Waals surface area contributed by atoms with Gasteiger partial charge in [0, 0.05) is 17.0 Å². The molecule has 1 aromatic carbocycles. The number of carbonyl (C=O) groups excluding carboxylic acids is 3. The molecule has 0 spiro atoms. The molecule has 2 amide bonds. The molecular formula is C25H33N3O5. The van der Waals surface area contributed by atoms with Crippen molar-refractivity contribution in [2.45, 2.75) is 65.5 Å². The van der Waals surface area contributed by atoms with E-state index in [1.807, 2.05) is 20.8 Å². The molecule has 0 saturated heterocycles. The number of methoxy groups -OCH3 is 1. The first-order valence-corrected chi connectivity index (χ1v) is 11.3. The highest BCUT2D eigenvalue weighted by molar-refractivity contribution is 5.98. The van der Waals surface area contributed by atoms with Crippen LogP contribution in [0, 0.1) is 18.3 Å². The van der Waals surface area contributed by atoms with Gasteiger partial charge in [-0.15, -0.1) is 0 Å². The molecule has 0 bridgehead atoms. The number of hydrogen-bond donors (Lipinski definition) is 2. The Morgan fingerprint density at radius 3 is 2.36 bits per heavy atom. The molecule has 0 aliphatic heterocycles. The summed E-state index contributed by atoms with van der Waals surface area (Å²) in [7, 11) is 1.50. The number of para-hydroxylation sites is 1. The molecule has 2 aromatic rings. The quantitative estimate of drug-likeness (QED) is 0.627. The van der Waals surface area contributed by atoms with Gasteiger partial charge >= 0.3 is 0 Å². The molecule has 2 N–H and O–H groups in total. The molecule has 2 atom stereocenters. The molecule has 1 fully saturated rings. The molecule has 0 unspecified atom stereocenters. The Kier molecular flexibility index (Phi) is 7.56. The predicted octanol–water partition coefficient (Wildman–Crippen LogP) is 3.75. The molecule has 1 heterocycles. The third kappa shape index (κ3) is 5.80. The second-order valence-corrected chi connectivity index (χ2v) is 9.62. The third-order valence-corrected chi connectivity index (χ3v) is 6.04. The first-order chi connectivity index (χ1) is 15.6. The number of hydrogen-bond acceptors (Lipinski definition) is 6. The van der Waals surface area contributed by atoms with Gasteiger partial charge in [0.05, 0.1) is 13.2 Å². The number of aryl methyl sites for hydroxylation is 1. The van der Waals surface area contributed by atoms with E-state index in [-0.39, 0.29) is 17.4 Å². The van der Waals surface area contributed by atoms with Crippen molar-refractivity contribution >= 4 is 17.6 Å². The minimum Gasteiger partial charge on any atom is -0.496 e. The van der Waals surface area contributed by atoms with E-state index in [1.165, 1.54) is 13.2 Å². The number of ketones is 1. The lowest BCUT2D eigenvalue weighted by molar-refractivity contribution is -0.134. The monoisotopic (exact) mass is 455 g/mol. The molecule has 1 aromatic heterocycles. The molecule has 1 aliphatic rings. The van der Waals surface area contributed by atoms with Crippen molar-refractivity contribution in [1.29, 1.82) is 0 Å². The van der Waals surface area contributed by atoms with Gasteiger partial charge in [-0.2, -0.15) is 0 Å². The average molecular weight is 456 g/mol. The number of amides is 2. The number of nitrogens with zero attached hydrogens (tertiary/aromatic N) is 1. The van der Waals surface area contributed by atoms with Gasteiger partial charge in [-0.25, -0.2) is 0 Å². The van der Waals surface area contributed by atoms with E-state index in [0.29, 0.717) is 17.1 Å². The Morgan fingerprint density at radius 2 is 1.79 bits per heavy atom. The fourth-order valence-corrected chi connectivity index (χ4v) is 4.26. The van der Waals surface area contributed by atoms with Crippen molar-refractivity contribution in [2.75, 3.05) is 7.11 Å².